The summed E-state index contributed by atoms with van der Waals surface area (Å²) in [7, 11) is 0. The van der Waals surface area contributed by atoms with Gasteiger partial charge >= 0.3 is 0 Å². The number of nitrogens with one attached hydrogen (secondary N) is 1. The predicted octanol–water partition coefficient (Wildman–Crippen LogP) is 4.73. The maximum Gasteiger partial charge on any atom is 0.0639 e. The van der Waals surface area contributed by atoms with E-state index in [1.807, 2.05) is 6.07 Å². The lowest BCUT2D eigenvalue weighted by Crippen LogP contribution is -2.03. The van der Waals surface area contributed by atoms with E-state index in [9.17, 15) is 0 Å². The largest absolute Gasteiger partial charge is 0.380 e. The first-order chi connectivity index (χ1) is 8.58. The molecule has 0 spiro atoms. The van der Waals surface area contributed by atoms with Crippen LogP contribution >= 0.6 is 27.5 Å². The van der Waals surface area contributed by atoms with Crippen LogP contribution in [0.25, 0.3) is 0 Å². The molecule has 0 radical (unpaired) electrons. The lowest BCUT2D eigenvalue weighted by molar-refractivity contribution is 1.11. The molecule has 2 aromatic rings. The fourth-order valence-corrected chi connectivity index (χ4v) is 2.79. The van der Waals surface area contributed by atoms with Crippen molar-refractivity contribution in [3.8, 4) is 0 Å². The van der Waals surface area contributed by atoms with Crippen LogP contribution in [0.4, 0.5) is 5.69 Å². The zero-order valence-corrected chi connectivity index (χ0v) is 12.6. The van der Waals surface area contributed by atoms with Crippen molar-refractivity contribution >= 4 is 33.2 Å². The van der Waals surface area contributed by atoms with Gasteiger partial charge < -0.3 is 5.32 Å². The summed E-state index contributed by atoms with van der Waals surface area (Å²) in [6.45, 7) is 4.88. The summed E-state index contributed by atoms with van der Waals surface area (Å²) in [6, 6.07) is 6.13. The Morgan fingerprint density at radius 3 is 2.56 bits per heavy atom. The molecule has 1 heterocycles. The molecule has 0 aliphatic heterocycles. The highest BCUT2D eigenvalue weighted by Gasteiger charge is 2.05. The average molecular weight is 326 g/mol. The second-order valence-corrected chi connectivity index (χ2v) is 5.56. The Labute approximate surface area is 121 Å². The number of hydrogen-bond acceptors (Lipinski definition) is 2. The van der Waals surface area contributed by atoms with Crippen LogP contribution in [-0.4, -0.2) is 4.98 Å². The first kappa shape index (κ1) is 13.4. The summed E-state index contributed by atoms with van der Waals surface area (Å²) >= 11 is 9.58. The van der Waals surface area contributed by atoms with Crippen molar-refractivity contribution in [1.82, 2.24) is 4.98 Å². The molecule has 0 unspecified atom stereocenters. The number of aromatic nitrogens is 1. The van der Waals surface area contributed by atoms with Crippen LogP contribution in [0.15, 0.2) is 35.1 Å². The smallest absolute Gasteiger partial charge is 0.0639 e. The molecule has 0 aliphatic rings. The third kappa shape index (κ3) is 3.03. The van der Waals surface area contributed by atoms with Crippen LogP contribution in [0, 0.1) is 13.8 Å². The zero-order valence-electron chi connectivity index (χ0n) is 10.3. The molecule has 4 heteroatoms. The van der Waals surface area contributed by atoms with Crippen LogP contribution < -0.4 is 5.32 Å². The lowest BCUT2D eigenvalue weighted by atomic mass is 10.1. The van der Waals surface area contributed by atoms with Crippen LogP contribution in [0.3, 0.4) is 0 Å². The number of nitrogens with zero attached hydrogens (tertiary/aromatic N) is 1. The van der Waals surface area contributed by atoms with E-state index in [-0.39, 0.29) is 0 Å². The summed E-state index contributed by atoms with van der Waals surface area (Å²) in [6.07, 6.45) is 3.42. The van der Waals surface area contributed by atoms with Crippen LogP contribution in [0.5, 0.6) is 0 Å². The molecule has 2 nitrogen and oxygen atoms in total. The Hall–Kier alpha value is -1.06. The zero-order chi connectivity index (χ0) is 13.1. The minimum Gasteiger partial charge on any atom is -0.380 e. The highest BCUT2D eigenvalue weighted by atomic mass is 79.9. The van der Waals surface area contributed by atoms with Crippen molar-refractivity contribution in [1.29, 1.82) is 0 Å². The van der Waals surface area contributed by atoms with E-state index >= 15 is 0 Å². The Bertz CT molecular complexity index is 546. The normalized spacial score (nSPS) is 10.4. The van der Waals surface area contributed by atoms with Gasteiger partial charge in [0.05, 0.1) is 5.02 Å². The van der Waals surface area contributed by atoms with E-state index in [4.69, 9.17) is 11.6 Å². The van der Waals surface area contributed by atoms with Crippen LogP contribution in [0.2, 0.25) is 5.02 Å². The molecule has 18 heavy (non-hydrogen) atoms. The third-order valence-corrected chi connectivity index (χ3v) is 3.61. The van der Waals surface area contributed by atoms with Gasteiger partial charge in [0.1, 0.15) is 0 Å². The van der Waals surface area contributed by atoms with Crippen molar-refractivity contribution in [3.05, 3.63) is 56.8 Å². The number of aryl methyl sites for hydroxylation is 2. The maximum atomic E-state index is 6.09. The van der Waals surface area contributed by atoms with E-state index in [2.05, 4.69) is 52.2 Å². The highest BCUT2D eigenvalue weighted by Crippen LogP contribution is 2.26. The monoisotopic (exact) mass is 324 g/mol. The maximum absolute atomic E-state index is 6.09. The van der Waals surface area contributed by atoms with Gasteiger partial charge in [0.15, 0.2) is 0 Å². The van der Waals surface area contributed by atoms with E-state index in [0.717, 1.165) is 15.7 Å². The summed E-state index contributed by atoms with van der Waals surface area (Å²) in [5, 5.41) is 4.12. The topological polar surface area (TPSA) is 24.9 Å². The molecule has 94 valence electrons. The second-order valence-electron chi connectivity index (χ2n) is 4.24. The lowest BCUT2D eigenvalue weighted by Gasteiger charge is -2.14. The standard InChI is InChI=1S/C14H14BrClN2/c1-9-5-12(15)6-10(2)14(9)18-7-11-3-4-17-8-13(11)16/h3-6,8,18H,7H2,1-2H3. The van der Waals surface area contributed by atoms with E-state index in [1.165, 1.54) is 11.1 Å². The summed E-state index contributed by atoms with van der Waals surface area (Å²) in [5.41, 5.74) is 4.64. The van der Waals surface area contributed by atoms with Gasteiger partial charge in [-0.1, -0.05) is 27.5 Å². The minimum atomic E-state index is 0.692. The Morgan fingerprint density at radius 1 is 1.28 bits per heavy atom. The number of halogens is 2. The van der Waals surface area contributed by atoms with Crippen molar-refractivity contribution in [2.24, 2.45) is 0 Å². The van der Waals surface area contributed by atoms with Crippen LogP contribution in [-0.2, 0) is 6.54 Å². The molecule has 0 aliphatic carbocycles. The van der Waals surface area contributed by atoms with Gasteiger partial charge in [-0.15, -0.1) is 0 Å². The van der Waals surface area contributed by atoms with E-state index in [1.54, 1.807) is 12.4 Å². The summed E-state index contributed by atoms with van der Waals surface area (Å²) < 4.78 is 1.10. The molecule has 0 saturated carbocycles. The number of rotatable bonds is 3. The molecular weight excluding hydrogens is 312 g/mol. The third-order valence-electron chi connectivity index (χ3n) is 2.81. The summed E-state index contributed by atoms with van der Waals surface area (Å²) in [5.74, 6) is 0. The molecule has 0 atom stereocenters. The van der Waals surface area contributed by atoms with Gasteiger partial charge in [-0.2, -0.15) is 0 Å². The highest BCUT2D eigenvalue weighted by molar-refractivity contribution is 9.10. The first-order valence-corrected chi connectivity index (χ1v) is 6.84. The Balaban J connectivity index is 2.19. The fourth-order valence-electron chi connectivity index (χ4n) is 1.92. The van der Waals surface area contributed by atoms with Crippen LogP contribution in [0.1, 0.15) is 16.7 Å². The average Bonchev–Trinajstić information content (AvgIpc) is 2.30. The molecule has 0 fully saturated rings. The van der Waals surface area contributed by atoms with E-state index in [0.29, 0.717) is 11.6 Å². The molecule has 1 N–H and O–H groups in total. The molecular formula is C14H14BrClN2. The van der Waals surface area contributed by atoms with Gasteiger partial charge in [-0.25, -0.2) is 0 Å². The van der Waals surface area contributed by atoms with Gasteiger partial charge in [0, 0.05) is 29.1 Å². The molecule has 0 amide bonds. The minimum absolute atomic E-state index is 0.692. The molecule has 1 aromatic heterocycles. The number of pyridine rings is 1. The Morgan fingerprint density at radius 2 is 1.94 bits per heavy atom. The van der Waals surface area contributed by atoms with Gasteiger partial charge in [-0.05, 0) is 48.7 Å². The van der Waals surface area contributed by atoms with Crippen molar-refractivity contribution in [2.75, 3.05) is 5.32 Å². The molecule has 0 saturated heterocycles. The SMILES string of the molecule is Cc1cc(Br)cc(C)c1NCc1ccncc1Cl. The van der Waals surface area contributed by atoms with E-state index < -0.39 is 0 Å². The number of benzene rings is 1. The molecule has 0 bridgehead atoms. The quantitative estimate of drug-likeness (QED) is 0.882. The predicted molar refractivity (Wildman–Crippen MR) is 80.2 cm³/mol. The molecule has 1 aromatic carbocycles. The number of anilines is 1. The fraction of sp³-hybridized carbons (Fsp3) is 0.214. The second kappa shape index (κ2) is 5.72. The first-order valence-electron chi connectivity index (χ1n) is 5.67. The van der Waals surface area contributed by atoms with Crippen molar-refractivity contribution < 1.29 is 0 Å². The van der Waals surface area contributed by atoms with Gasteiger partial charge in [-0.3, -0.25) is 4.98 Å². The van der Waals surface area contributed by atoms with Crippen molar-refractivity contribution in [2.45, 2.75) is 20.4 Å². The number of hydrogen-bond donors (Lipinski definition) is 1. The Kier molecular flexibility index (Phi) is 4.25. The summed E-state index contributed by atoms with van der Waals surface area (Å²) in [4.78, 5) is 3.98. The molecule has 2 rings (SSSR count). The van der Waals surface area contributed by atoms with Gasteiger partial charge in [0.2, 0.25) is 0 Å². The van der Waals surface area contributed by atoms with Crippen molar-refractivity contribution in [3.63, 3.8) is 0 Å². The van der Waals surface area contributed by atoms with Gasteiger partial charge in [0.25, 0.3) is 0 Å².